The number of hydrogen-bond acceptors (Lipinski definition) is 3. The van der Waals surface area contributed by atoms with E-state index in [-0.39, 0.29) is 6.61 Å². The Labute approximate surface area is 117 Å². The van der Waals surface area contributed by atoms with Gasteiger partial charge in [-0.1, -0.05) is 32.1 Å². The van der Waals surface area contributed by atoms with Crippen LogP contribution in [-0.4, -0.2) is 36.1 Å². The van der Waals surface area contributed by atoms with Gasteiger partial charge >= 0.3 is 0 Å². The smallest absolute Gasteiger partial charge is 0.106 e. The van der Waals surface area contributed by atoms with E-state index in [0.29, 0.717) is 0 Å². The third-order valence-corrected chi connectivity index (χ3v) is 5.43. The van der Waals surface area contributed by atoms with Gasteiger partial charge in [0.25, 0.3) is 0 Å². The van der Waals surface area contributed by atoms with Crippen molar-refractivity contribution >= 4 is 0 Å². The summed E-state index contributed by atoms with van der Waals surface area (Å²) >= 11 is 0. The highest BCUT2D eigenvalue weighted by atomic mass is 16.5. The fraction of sp³-hybridized carbons (Fsp3) is 1.00. The van der Waals surface area contributed by atoms with Crippen molar-refractivity contribution in [1.29, 1.82) is 0 Å². The maximum Gasteiger partial charge on any atom is 0.106 e. The van der Waals surface area contributed by atoms with Crippen LogP contribution in [0.4, 0.5) is 0 Å². The Morgan fingerprint density at radius 2 is 1.84 bits per heavy atom. The van der Waals surface area contributed by atoms with Gasteiger partial charge in [-0.05, 0) is 43.4 Å². The predicted molar refractivity (Wildman–Crippen MR) is 75.9 cm³/mol. The Hall–Kier alpha value is -0.120. The Morgan fingerprint density at radius 1 is 1.11 bits per heavy atom. The molecular weight excluding hydrogens is 240 g/mol. The molecule has 2 N–H and O–H groups in total. The number of fused-ring (bicyclic) bond motifs is 1. The number of methoxy groups -OCH3 is 1. The van der Waals surface area contributed by atoms with E-state index < -0.39 is 12.2 Å². The van der Waals surface area contributed by atoms with Gasteiger partial charge in [-0.15, -0.1) is 0 Å². The van der Waals surface area contributed by atoms with Crippen LogP contribution in [0.5, 0.6) is 0 Å². The molecule has 2 aliphatic carbocycles. The fourth-order valence-corrected chi connectivity index (χ4v) is 4.18. The summed E-state index contributed by atoms with van der Waals surface area (Å²) < 4.78 is 5.09. The maximum absolute atomic E-state index is 9.99. The van der Waals surface area contributed by atoms with E-state index in [4.69, 9.17) is 9.84 Å². The summed E-state index contributed by atoms with van der Waals surface area (Å²) in [5.41, 5.74) is 0. The van der Waals surface area contributed by atoms with Gasteiger partial charge in [-0.25, -0.2) is 0 Å². The second kappa shape index (κ2) is 7.61. The van der Waals surface area contributed by atoms with Gasteiger partial charge in [0.05, 0.1) is 12.7 Å². The minimum absolute atomic E-state index is 0.0902. The first-order chi connectivity index (χ1) is 9.24. The summed E-state index contributed by atoms with van der Waals surface area (Å²) in [4.78, 5) is 0. The fourth-order valence-electron chi connectivity index (χ4n) is 4.18. The zero-order chi connectivity index (χ0) is 13.7. The summed E-state index contributed by atoms with van der Waals surface area (Å²) in [7, 11) is 1.55. The third kappa shape index (κ3) is 4.17. The van der Waals surface area contributed by atoms with Gasteiger partial charge in [0.15, 0.2) is 0 Å². The molecule has 0 saturated heterocycles. The summed E-state index contributed by atoms with van der Waals surface area (Å²) in [6.45, 7) is -0.0902. The van der Waals surface area contributed by atoms with Crippen LogP contribution in [0.2, 0.25) is 0 Å². The second-order valence-corrected chi connectivity index (χ2v) is 6.59. The van der Waals surface area contributed by atoms with E-state index in [0.717, 1.165) is 30.6 Å². The van der Waals surface area contributed by atoms with Crippen LogP contribution < -0.4 is 0 Å². The second-order valence-electron chi connectivity index (χ2n) is 6.59. The SMILES string of the molecule is CO[C@H](CO)C(O)CCC1CCC2CCCCC2C1. The monoisotopic (exact) mass is 270 g/mol. The lowest BCUT2D eigenvalue weighted by molar-refractivity contribution is -0.0470. The number of rotatable bonds is 6. The van der Waals surface area contributed by atoms with Gasteiger partial charge in [-0.2, -0.15) is 0 Å². The minimum atomic E-state index is -0.515. The molecule has 0 aromatic rings. The summed E-state index contributed by atoms with van der Waals surface area (Å²) in [6.07, 6.45) is 10.8. The lowest BCUT2D eigenvalue weighted by Gasteiger charge is -2.39. The van der Waals surface area contributed by atoms with Gasteiger partial charge in [0.1, 0.15) is 6.10 Å². The van der Waals surface area contributed by atoms with Crippen LogP contribution in [-0.2, 0) is 4.74 Å². The number of aliphatic hydroxyl groups excluding tert-OH is 2. The molecule has 0 aromatic carbocycles. The average molecular weight is 270 g/mol. The summed E-state index contributed by atoms with van der Waals surface area (Å²) in [5.74, 6) is 2.74. The van der Waals surface area contributed by atoms with Crippen molar-refractivity contribution in [3.05, 3.63) is 0 Å². The Balaban J connectivity index is 1.71. The maximum atomic E-state index is 9.99. The van der Waals surface area contributed by atoms with Gasteiger partial charge < -0.3 is 14.9 Å². The molecule has 0 spiro atoms. The normalized spacial score (nSPS) is 34.6. The Morgan fingerprint density at radius 3 is 2.53 bits per heavy atom. The molecule has 3 nitrogen and oxygen atoms in total. The molecule has 2 aliphatic rings. The topological polar surface area (TPSA) is 49.7 Å². The van der Waals surface area contributed by atoms with Crippen LogP contribution in [0.25, 0.3) is 0 Å². The number of hydrogen-bond donors (Lipinski definition) is 2. The first kappa shape index (κ1) is 15.3. The van der Waals surface area contributed by atoms with Crippen LogP contribution in [0.1, 0.15) is 57.8 Å². The largest absolute Gasteiger partial charge is 0.394 e. The van der Waals surface area contributed by atoms with Crippen molar-refractivity contribution in [2.75, 3.05) is 13.7 Å². The van der Waals surface area contributed by atoms with Crippen molar-refractivity contribution in [1.82, 2.24) is 0 Å². The quantitative estimate of drug-likeness (QED) is 0.780. The van der Waals surface area contributed by atoms with Crippen molar-refractivity contribution in [2.24, 2.45) is 17.8 Å². The Kier molecular flexibility index (Phi) is 6.11. The first-order valence-corrected chi connectivity index (χ1v) is 8.06. The van der Waals surface area contributed by atoms with E-state index >= 15 is 0 Å². The van der Waals surface area contributed by atoms with Crippen molar-refractivity contribution in [3.8, 4) is 0 Å². The Bertz CT molecular complexity index is 252. The van der Waals surface area contributed by atoms with Gasteiger partial charge in [-0.3, -0.25) is 0 Å². The molecule has 2 saturated carbocycles. The van der Waals surface area contributed by atoms with E-state index in [9.17, 15) is 5.11 Å². The molecule has 0 aromatic heterocycles. The van der Waals surface area contributed by atoms with Crippen LogP contribution >= 0.6 is 0 Å². The standard InChI is InChI=1S/C16H30O3/c1-19-16(11-17)15(18)9-7-12-6-8-13-4-2-3-5-14(13)10-12/h12-18H,2-11H2,1H3/t12?,13?,14?,15?,16-/m1/s1. The molecule has 2 fully saturated rings. The summed E-state index contributed by atoms with van der Waals surface area (Å²) in [5, 5.41) is 19.1. The van der Waals surface area contributed by atoms with Crippen LogP contribution in [0, 0.1) is 17.8 Å². The van der Waals surface area contributed by atoms with Crippen molar-refractivity contribution in [3.63, 3.8) is 0 Å². The highest BCUT2D eigenvalue weighted by Gasteiger charge is 2.32. The van der Waals surface area contributed by atoms with Gasteiger partial charge in [0.2, 0.25) is 0 Å². The highest BCUT2D eigenvalue weighted by molar-refractivity contribution is 4.83. The lowest BCUT2D eigenvalue weighted by atomic mass is 9.66. The third-order valence-electron chi connectivity index (χ3n) is 5.43. The van der Waals surface area contributed by atoms with Gasteiger partial charge in [0, 0.05) is 7.11 Å². The highest BCUT2D eigenvalue weighted by Crippen LogP contribution is 2.43. The van der Waals surface area contributed by atoms with E-state index in [1.807, 2.05) is 0 Å². The molecule has 0 radical (unpaired) electrons. The zero-order valence-electron chi connectivity index (χ0n) is 12.3. The molecule has 0 bridgehead atoms. The number of aliphatic hydroxyl groups is 2. The van der Waals surface area contributed by atoms with Crippen LogP contribution in [0.3, 0.4) is 0 Å². The number of ether oxygens (including phenoxy) is 1. The molecule has 4 unspecified atom stereocenters. The molecule has 19 heavy (non-hydrogen) atoms. The molecule has 0 aliphatic heterocycles. The van der Waals surface area contributed by atoms with E-state index in [2.05, 4.69) is 0 Å². The minimum Gasteiger partial charge on any atom is -0.394 e. The molecular formula is C16H30O3. The average Bonchev–Trinajstić information content (AvgIpc) is 2.46. The predicted octanol–water partition coefficient (Wildman–Crippen LogP) is 2.74. The molecule has 112 valence electrons. The molecule has 5 atom stereocenters. The molecule has 2 rings (SSSR count). The molecule has 0 heterocycles. The first-order valence-electron chi connectivity index (χ1n) is 8.06. The molecule has 3 heteroatoms. The molecule has 0 amide bonds. The van der Waals surface area contributed by atoms with E-state index in [1.165, 1.54) is 44.9 Å². The lowest BCUT2D eigenvalue weighted by Crippen LogP contribution is -2.33. The van der Waals surface area contributed by atoms with Crippen molar-refractivity contribution in [2.45, 2.75) is 70.0 Å². The van der Waals surface area contributed by atoms with Crippen molar-refractivity contribution < 1.29 is 14.9 Å². The van der Waals surface area contributed by atoms with Crippen LogP contribution in [0.15, 0.2) is 0 Å². The van der Waals surface area contributed by atoms with E-state index in [1.54, 1.807) is 7.11 Å². The zero-order valence-corrected chi connectivity index (χ0v) is 12.3. The summed E-state index contributed by atoms with van der Waals surface area (Å²) in [6, 6.07) is 0.